The molecule has 2 aromatic rings. The second-order valence-electron chi connectivity index (χ2n) is 5.05. The third kappa shape index (κ3) is 3.42. The van der Waals surface area contributed by atoms with Crippen LogP contribution in [0, 0.1) is 0 Å². The van der Waals surface area contributed by atoms with Gasteiger partial charge in [-0.15, -0.1) is 11.8 Å². The van der Waals surface area contributed by atoms with Crippen molar-refractivity contribution in [3.63, 3.8) is 0 Å². The third-order valence-electron chi connectivity index (χ3n) is 3.57. The van der Waals surface area contributed by atoms with E-state index in [2.05, 4.69) is 17.4 Å². The molecule has 108 valence electrons. The molecule has 0 unspecified atom stereocenters. The van der Waals surface area contributed by atoms with Crippen LogP contribution in [-0.2, 0) is 4.79 Å². The Balaban J connectivity index is 1.91. The van der Waals surface area contributed by atoms with Crippen LogP contribution in [0.4, 0.5) is 0 Å². The van der Waals surface area contributed by atoms with Crippen LogP contribution in [0.5, 0.6) is 0 Å². The van der Waals surface area contributed by atoms with Gasteiger partial charge in [0.05, 0.1) is 10.5 Å². The van der Waals surface area contributed by atoms with Crippen molar-refractivity contribution in [1.82, 2.24) is 5.32 Å². The van der Waals surface area contributed by atoms with Crippen LogP contribution in [0.1, 0.15) is 22.8 Å². The minimum atomic E-state index is 0.0193. The van der Waals surface area contributed by atoms with Gasteiger partial charge in [-0.2, -0.15) is 0 Å². The van der Waals surface area contributed by atoms with E-state index in [0.29, 0.717) is 0 Å². The molecule has 4 heteroatoms. The van der Waals surface area contributed by atoms with Gasteiger partial charge in [-0.3, -0.25) is 4.79 Å². The van der Waals surface area contributed by atoms with Gasteiger partial charge in [-0.1, -0.05) is 54.1 Å². The molecule has 1 N–H and O–H groups in total. The fourth-order valence-electron chi connectivity index (χ4n) is 2.48. The molecule has 0 aliphatic carbocycles. The van der Waals surface area contributed by atoms with Gasteiger partial charge in [-0.25, -0.2) is 0 Å². The molecule has 0 spiro atoms. The second kappa shape index (κ2) is 6.54. The molecule has 2 nitrogen and oxygen atoms in total. The van der Waals surface area contributed by atoms with E-state index in [1.807, 2.05) is 42.5 Å². The number of carbonyl (C=O) groups is 1. The zero-order valence-corrected chi connectivity index (χ0v) is 13.0. The van der Waals surface area contributed by atoms with Gasteiger partial charge >= 0.3 is 0 Å². The van der Waals surface area contributed by atoms with Crippen molar-refractivity contribution >= 4 is 29.3 Å². The Bertz CT molecular complexity index is 614. The van der Waals surface area contributed by atoms with Crippen LogP contribution >= 0.6 is 23.4 Å². The second-order valence-corrected chi connectivity index (χ2v) is 6.80. The monoisotopic (exact) mass is 317 g/mol. The minimum Gasteiger partial charge on any atom is -0.355 e. The van der Waals surface area contributed by atoms with Crippen LogP contribution < -0.4 is 5.32 Å². The van der Waals surface area contributed by atoms with Crippen LogP contribution in [0.15, 0.2) is 54.6 Å². The number of carbonyl (C=O) groups excluding carboxylic acids is 1. The van der Waals surface area contributed by atoms with E-state index in [-0.39, 0.29) is 16.4 Å². The lowest BCUT2D eigenvalue weighted by Gasteiger charge is -2.20. The standard InChI is InChI=1S/C17H16ClNOS/c18-14-8-6-13(7-9-14)16(12-4-2-1-3-5-12)21-15-10-11-19-17(15)20/h1-9,15-16H,10-11H2,(H,19,20)/t15-,16-/m1/s1. The Kier molecular flexibility index (Phi) is 4.51. The van der Waals surface area contributed by atoms with Gasteiger partial charge < -0.3 is 5.32 Å². The molecular weight excluding hydrogens is 302 g/mol. The molecule has 1 fully saturated rings. The summed E-state index contributed by atoms with van der Waals surface area (Å²) in [5.41, 5.74) is 2.39. The summed E-state index contributed by atoms with van der Waals surface area (Å²) >= 11 is 7.70. The Morgan fingerprint density at radius 2 is 1.71 bits per heavy atom. The average molecular weight is 318 g/mol. The predicted octanol–water partition coefficient (Wildman–Crippen LogP) is 4.05. The summed E-state index contributed by atoms with van der Waals surface area (Å²) < 4.78 is 0. The number of nitrogens with one attached hydrogen (secondary N) is 1. The Hall–Kier alpha value is -1.45. The molecule has 1 amide bonds. The van der Waals surface area contributed by atoms with Crippen molar-refractivity contribution < 1.29 is 4.79 Å². The first-order valence-electron chi connectivity index (χ1n) is 6.97. The molecular formula is C17H16ClNOS. The Morgan fingerprint density at radius 1 is 1.05 bits per heavy atom. The first-order chi connectivity index (χ1) is 10.2. The first-order valence-corrected chi connectivity index (χ1v) is 8.30. The van der Waals surface area contributed by atoms with Crippen LogP contribution in [-0.4, -0.2) is 17.7 Å². The van der Waals surface area contributed by atoms with E-state index < -0.39 is 0 Å². The quantitative estimate of drug-likeness (QED) is 0.921. The van der Waals surface area contributed by atoms with Crippen LogP contribution in [0.3, 0.4) is 0 Å². The van der Waals surface area contributed by atoms with Gasteiger partial charge in [0.25, 0.3) is 0 Å². The van der Waals surface area contributed by atoms with E-state index in [4.69, 9.17) is 11.6 Å². The van der Waals surface area contributed by atoms with E-state index in [1.165, 1.54) is 11.1 Å². The van der Waals surface area contributed by atoms with Crippen molar-refractivity contribution in [1.29, 1.82) is 0 Å². The van der Waals surface area contributed by atoms with Crippen LogP contribution in [0.2, 0.25) is 5.02 Å². The highest BCUT2D eigenvalue weighted by molar-refractivity contribution is 8.01. The van der Waals surface area contributed by atoms with Crippen molar-refractivity contribution in [3.8, 4) is 0 Å². The molecule has 1 aliphatic heterocycles. The topological polar surface area (TPSA) is 29.1 Å². The minimum absolute atomic E-state index is 0.0193. The summed E-state index contributed by atoms with van der Waals surface area (Å²) in [7, 11) is 0. The fourth-order valence-corrected chi connectivity index (χ4v) is 4.02. The molecule has 0 bridgehead atoms. The number of benzene rings is 2. The Morgan fingerprint density at radius 3 is 2.33 bits per heavy atom. The fraction of sp³-hybridized carbons (Fsp3) is 0.235. The highest BCUT2D eigenvalue weighted by Crippen LogP contribution is 2.40. The van der Waals surface area contributed by atoms with Crippen molar-refractivity contribution in [3.05, 3.63) is 70.7 Å². The number of thioether (sulfide) groups is 1. The zero-order valence-electron chi connectivity index (χ0n) is 11.5. The molecule has 1 saturated heterocycles. The van der Waals surface area contributed by atoms with Gasteiger partial charge in [0, 0.05) is 11.6 Å². The lowest BCUT2D eigenvalue weighted by Crippen LogP contribution is -2.21. The summed E-state index contributed by atoms with van der Waals surface area (Å²) in [5.74, 6) is 0.148. The highest BCUT2D eigenvalue weighted by atomic mass is 35.5. The maximum Gasteiger partial charge on any atom is 0.233 e. The molecule has 0 saturated carbocycles. The summed E-state index contributed by atoms with van der Waals surface area (Å²) in [4.78, 5) is 11.9. The molecule has 0 aromatic heterocycles. The summed E-state index contributed by atoms with van der Waals surface area (Å²) in [6.07, 6.45) is 0.889. The summed E-state index contributed by atoms with van der Waals surface area (Å²) in [6, 6.07) is 18.2. The van der Waals surface area contributed by atoms with E-state index in [1.54, 1.807) is 11.8 Å². The third-order valence-corrected chi connectivity index (χ3v) is 5.42. The van der Waals surface area contributed by atoms with Crippen molar-refractivity contribution in [2.45, 2.75) is 16.9 Å². The molecule has 3 rings (SSSR count). The first kappa shape index (κ1) is 14.5. The van der Waals surface area contributed by atoms with Gasteiger partial charge in [0.15, 0.2) is 0 Å². The van der Waals surface area contributed by atoms with Gasteiger partial charge in [0.1, 0.15) is 0 Å². The summed E-state index contributed by atoms with van der Waals surface area (Å²) in [6.45, 7) is 0.776. The van der Waals surface area contributed by atoms with Crippen molar-refractivity contribution in [2.75, 3.05) is 6.54 Å². The maximum absolute atomic E-state index is 11.9. The van der Waals surface area contributed by atoms with Gasteiger partial charge in [-0.05, 0) is 29.7 Å². The number of amides is 1. The van der Waals surface area contributed by atoms with Crippen molar-refractivity contribution in [2.24, 2.45) is 0 Å². The summed E-state index contributed by atoms with van der Waals surface area (Å²) in [5, 5.41) is 3.81. The van der Waals surface area contributed by atoms with E-state index in [0.717, 1.165) is 18.0 Å². The average Bonchev–Trinajstić information content (AvgIpc) is 2.92. The number of halogens is 1. The molecule has 2 aromatic carbocycles. The number of hydrogen-bond acceptors (Lipinski definition) is 2. The zero-order chi connectivity index (χ0) is 14.7. The number of hydrogen-bond donors (Lipinski definition) is 1. The molecule has 1 heterocycles. The highest BCUT2D eigenvalue weighted by Gasteiger charge is 2.29. The Labute approximate surface area is 133 Å². The number of rotatable bonds is 4. The molecule has 1 aliphatic rings. The lowest BCUT2D eigenvalue weighted by molar-refractivity contribution is -0.118. The van der Waals surface area contributed by atoms with Gasteiger partial charge in [0.2, 0.25) is 5.91 Å². The molecule has 0 radical (unpaired) electrons. The predicted molar refractivity (Wildman–Crippen MR) is 88.7 cm³/mol. The molecule has 2 atom stereocenters. The van der Waals surface area contributed by atoms with E-state index in [9.17, 15) is 4.79 Å². The smallest absolute Gasteiger partial charge is 0.233 e. The van der Waals surface area contributed by atoms with Crippen LogP contribution in [0.25, 0.3) is 0 Å². The maximum atomic E-state index is 11.9. The van der Waals surface area contributed by atoms with E-state index >= 15 is 0 Å². The molecule has 21 heavy (non-hydrogen) atoms. The normalized spacial score (nSPS) is 19.3. The SMILES string of the molecule is O=C1NCC[C@H]1S[C@H](c1ccccc1)c1ccc(Cl)cc1. The lowest BCUT2D eigenvalue weighted by atomic mass is 10.0. The largest absolute Gasteiger partial charge is 0.355 e.